The molecular formula is C10H18F4N2O3S. The Morgan fingerprint density at radius 3 is 2.25 bits per heavy atom. The Morgan fingerprint density at radius 1 is 1.20 bits per heavy atom. The van der Waals surface area contributed by atoms with E-state index < -0.39 is 34.8 Å². The molecule has 0 atom stereocenters. The van der Waals surface area contributed by atoms with E-state index in [1.54, 1.807) is 0 Å². The molecule has 0 bridgehead atoms. The minimum absolute atomic E-state index is 0.135. The summed E-state index contributed by atoms with van der Waals surface area (Å²) in [5.41, 5.74) is 0. The first-order chi connectivity index (χ1) is 9.12. The van der Waals surface area contributed by atoms with Crippen LogP contribution in [0.4, 0.5) is 17.6 Å². The molecule has 10 heteroatoms. The van der Waals surface area contributed by atoms with Crippen LogP contribution in [0.1, 0.15) is 0 Å². The lowest BCUT2D eigenvalue weighted by Gasteiger charge is -2.32. The Bertz CT molecular complexity index is 397. The highest BCUT2D eigenvalue weighted by molar-refractivity contribution is 7.86. The number of likely N-dealkylation sites (N-methyl/N-ethyl adjacent to an activating group) is 1. The lowest BCUT2D eigenvalue weighted by atomic mass is 10.3. The molecule has 1 fully saturated rings. The average molecular weight is 322 g/mol. The molecule has 120 valence electrons. The van der Waals surface area contributed by atoms with Crippen LogP contribution in [0.3, 0.4) is 0 Å². The van der Waals surface area contributed by atoms with Crippen molar-refractivity contribution in [3.05, 3.63) is 0 Å². The van der Waals surface area contributed by atoms with Crippen molar-refractivity contribution in [2.45, 2.75) is 12.3 Å². The van der Waals surface area contributed by atoms with Crippen LogP contribution in [-0.4, -0.2) is 82.7 Å². The lowest BCUT2D eigenvalue weighted by Crippen LogP contribution is -2.46. The monoisotopic (exact) mass is 322 g/mol. The zero-order chi connectivity index (χ0) is 15.4. The predicted octanol–water partition coefficient (Wildman–Crippen LogP) is 0.481. The first-order valence-corrected chi connectivity index (χ1v) is 7.64. The summed E-state index contributed by atoms with van der Waals surface area (Å²) >= 11 is 0. The van der Waals surface area contributed by atoms with Gasteiger partial charge in [0.2, 0.25) is 0 Å². The summed E-state index contributed by atoms with van der Waals surface area (Å²) in [6.45, 7) is 1.21. The van der Waals surface area contributed by atoms with Gasteiger partial charge in [-0.3, -0.25) is 9.08 Å². The normalized spacial score (nSPS) is 19.7. The van der Waals surface area contributed by atoms with E-state index >= 15 is 0 Å². The molecule has 0 spiro atoms. The van der Waals surface area contributed by atoms with E-state index in [1.807, 2.05) is 11.9 Å². The second kappa shape index (κ2) is 7.01. The van der Waals surface area contributed by atoms with Gasteiger partial charge in [0.05, 0.1) is 5.75 Å². The third kappa shape index (κ3) is 5.90. The molecule has 1 saturated heterocycles. The van der Waals surface area contributed by atoms with Gasteiger partial charge in [-0.25, -0.2) is 8.78 Å². The number of halogens is 4. The first kappa shape index (κ1) is 17.6. The molecule has 1 aliphatic heterocycles. The topological polar surface area (TPSA) is 49.9 Å². The van der Waals surface area contributed by atoms with Crippen molar-refractivity contribution >= 4 is 10.1 Å². The number of rotatable bonds is 7. The van der Waals surface area contributed by atoms with Gasteiger partial charge in [-0.15, -0.1) is 0 Å². The van der Waals surface area contributed by atoms with Crippen molar-refractivity contribution in [2.75, 3.05) is 52.1 Å². The van der Waals surface area contributed by atoms with Gasteiger partial charge >= 0.3 is 12.3 Å². The molecule has 0 radical (unpaired) electrons. The van der Waals surface area contributed by atoms with Gasteiger partial charge in [-0.1, -0.05) is 0 Å². The Morgan fingerprint density at radius 2 is 1.75 bits per heavy atom. The van der Waals surface area contributed by atoms with E-state index in [9.17, 15) is 26.0 Å². The highest BCUT2D eigenvalue weighted by Crippen LogP contribution is 2.23. The van der Waals surface area contributed by atoms with Gasteiger partial charge < -0.3 is 4.90 Å². The van der Waals surface area contributed by atoms with E-state index in [0.717, 1.165) is 13.1 Å². The zero-order valence-electron chi connectivity index (χ0n) is 11.1. The quantitative estimate of drug-likeness (QED) is 0.504. The molecular weight excluding hydrogens is 304 g/mol. The number of hydrogen-bond donors (Lipinski definition) is 0. The Kier molecular flexibility index (Phi) is 6.17. The summed E-state index contributed by atoms with van der Waals surface area (Å²) in [6.07, 6.45) is -3.95. The molecule has 0 N–H and O–H groups in total. The van der Waals surface area contributed by atoms with Gasteiger partial charge in [-0.05, 0) is 7.05 Å². The third-order valence-electron chi connectivity index (χ3n) is 3.00. The zero-order valence-corrected chi connectivity index (χ0v) is 11.9. The fourth-order valence-electron chi connectivity index (χ4n) is 1.60. The minimum atomic E-state index is -4.46. The van der Waals surface area contributed by atoms with Gasteiger partial charge in [0.1, 0.15) is 6.61 Å². The predicted molar refractivity (Wildman–Crippen MR) is 64.6 cm³/mol. The second-order valence-electron chi connectivity index (χ2n) is 4.73. The van der Waals surface area contributed by atoms with Crippen molar-refractivity contribution in [3.8, 4) is 0 Å². The maximum Gasteiger partial charge on any atom is 0.331 e. The van der Waals surface area contributed by atoms with Crippen LogP contribution in [0, 0.1) is 0 Å². The van der Waals surface area contributed by atoms with Crippen molar-refractivity contribution in [1.29, 1.82) is 0 Å². The summed E-state index contributed by atoms with van der Waals surface area (Å²) in [6, 6.07) is 0. The second-order valence-corrected chi connectivity index (χ2v) is 6.49. The smallest absolute Gasteiger partial charge is 0.304 e. The fourth-order valence-corrected chi connectivity index (χ4v) is 2.54. The Labute approximate surface area is 115 Å². The standard InChI is InChI=1S/C10H18F4N2O3S/c1-15-2-4-16(5-3-15)6-7-20(17,18)19-8-10(13,14)9(11)12/h9H,2-8H2,1H3. The largest absolute Gasteiger partial charge is 0.331 e. The highest BCUT2D eigenvalue weighted by atomic mass is 32.2. The van der Waals surface area contributed by atoms with E-state index in [2.05, 4.69) is 9.08 Å². The van der Waals surface area contributed by atoms with E-state index in [-0.39, 0.29) is 6.54 Å². The summed E-state index contributed by atoms with van der Waals surface area (Å²) < 4.78 is 75.6. The molecule has 0 unspecified atom stereocenters. The molecule has 1 heterocycles. The number of hydrogen-bond acceptors (Lipinski definition) is 5. The molecule has 1 rings (SSSR count). The molecule has 0 aromatic carbocycles. The maximum atomic E-state index is 12.6. The number of alkyl halides is 4. The molecule has 0 amide bonds. The molecule has 0 aromatic heterocycles. The molecule has 5 nitrogen and oxygen atoms in total. The van der Waals surface area contributed by atoms with Crippen molar-refractivity contribution < 1.29 is 30.2 Å². The molecule has 0 saturated carbocycles. The SMILES string of the molecule is CN1CCN(CCS(=O)(=O)OCC(F)(F)C(F)F)CC1. The van der Waals surface area contributed by atoms with Crippen LogP contribution in [0.2, 0.25) is 0 Å². The maximum absolute atomic E-state index is 12.6. The van der Waals surface area contributed by atoms with Crippen LogP contribution in [0.15, 0.2) is 0 Å². The molecule has 0 aromatic rings. The van der Waals surface area contributed by atoms with Gasteiger partial charge in [0, 0.05) is 32.7 Å². The molecule has 0 aliphatic carbocycles. The highest BCUT2D eigenvalue weighted by Gasteiger charge is 2.42. The van der Waals surface area contributed by atoms with Crippen LogP contribution in [0.5, 0.6) is 0 Å². The van der Waals surface area contributed by atoms with Crippen molar-refractivity contribution in [1.82, 2.24) is 9.80 Å². The third-order valence-corrected chi connectivity index (χ3v) is 4.16. The average Bonchev–Trinajstić information content (AvgIpc) is 2.36. The van der Waals surface area contributed by atoms with E-state index in [0.29, 0.717) is 13.1 Å². The minimum Gasteiger partial charge on any atom is -0.304 e. The summed E-state index contributed by atoms with van der Waals surface area (Å²) in [7, 11) is -2.30. The Balaban J connectivity index is 2.35. The summed E-state index contributed by atoms with van der Waals surface area (Å²) in [4.78, 5) is 3.93. The Hall–Kier alpha value is -0.450. The number of nitrogens with zero attached hydrogens (tertiary/aromatic N) is 2. The number of piperazine rings is 1. The molecule has 20 heavy (non-hydrogen) atoms. The fraction of sp³-hybridized carbons (Fsp3) is 1.00. The van der Waals surface area contributed by atoms with Crippen LogP contribution < -0.4 is 0 Å². The van der Waals surface area contributed by atoms with Crippen LogP contribution in [-0.2, 0) is 14.3 Å². The van der Waals surface area contributed by atoms with Crippen LogP contribution >= 0.6 is 0 Å². The van der Waals surface area contributed by atoms with E-state index in [1.165, 1.54) is 0 Å². The summed E-state index contributed by atoms with van der Waals surface area (Å²) in [5.74, 6) is -4.95. The molecule has 1 aliphatic rings. The first-order valence-electron chi connectivity index (χ1n) is 6.06. The van der Waals surface area contributed by atoms with Gasteiger partial charge in [0.15, 0.2) is 0 Å². The lowest BCUT2D eigenvalue weighted by molar-refractivity contribution is -0.147. The van der Waals surface area contributed by atoms with Gasteiger partial charge in [-0.2, -0.15) is 17.2 Å². The summed E-state index contributed by atoms with van der Waals surface area (Å²) in [5, 5.41) is 0. The van der Waals surface area contributed by atoms with E-state index in [4.69, 9.17) is 0 Å². The van der Waals surface area contributed by atoms with Gasteiger partial charge in [0.25, 0.3) is 10.1 Å². The van der Waals surface area contributed by atoms with Crippen molar-refractivity contribution in [3.63, 3.8) is 0 Å². The van der Waals surface area contributed by atoms with Crippen molar-refractivity contribution in [2.24, 2.45) is 0 Å². The van der Waals surface area contributed by atoms with Crippen LogP contribution in [0.25, 0.3) is 0 Å².